The number of pyridine rings is 1. The van der Waals surface area contributed by atoms with E-state index in [0.717, 1.165) is 0 Å². The topological polar surface area (TPSA) is 78.1 Å². The summed E-state index contributed by atoms with van der Waals surface area (Å²) in [5.74, 6) is -0.679. The Bertz CT molecular complexity index is 884. The van der Waals surface area contributed by atoms with E-state index < -0.39 is 5.97 Å². The minimum absolute atomic E-state index is 0.0917. The van der Waals surface area contributed by atoms with Crippen LogP contribution >= 0.6 is 23.2 Å². The first-order chi connectivity index (χ1) is 11.5. The van der Waals surface area contributed by atoms with Gasteiger partial charge in [0.2, 0.25) is 5.82 Å². The molecule has 2 heterocycles. The Morgan fingerprint density at radius 3 is 2.71 bits per heavy atom. The molecule has 0 aliphatic carbocycles. The molecule has 0 amide bonds. The Kier molecular flexibility index (Phi) is 4.73. The van der Waals surface area contributed by atoms with Crippen molar-refractivity contribution in [3.63, 3.8) is 0 Å². The van der Waals surface area contributed by atoms with Crippen molar-refractivity contribution in [2.24, 2.45) is 0 Å². The molecule has 0 spiro atoms. The van der Waals surface area contributed by atoms with Gasteiger partial charge in [-0.15, -0.1) is 0 Å². The molecule has 6 nitrogen and oxygen atoms in total. The van der Waals surface area contributed by atoms with Gasteiger partial charge in [-0.25, -0.2) is 14.2 Å². The highest BCUT2D eigenvalue weighted by molar-refractivity contribution is 6.41. The molecule has 0 saturated carbocycles. The second kappa shape index (κ2) is 6.94. The number of esters is 1. The second-order valence-electron chi connectivity index (χ2n) is 4.59. The number of ether oxygens (including phenoxy) is 1. The van der Waals surface area contributed by atoms with Crippen molar-refractivity contribution >= 4 is 29.2 Å². The van der Waals surface area contributed by atoms with E-state index in [0.29, 0.717) is 5.56 Å². The van der Waals surface area contributed by atoms with Gasteiger partial charge in [0.1, 0.15) is 11.0 Å². The Morgan fingerprint density at radius 1 is 1.25 bits per heavy atom. The summed E-state index contributed by atoms with van der Waals surface area (Å²) < 4.78 is 22.9. The number of aromatic nitrogens is 3. The zero-order valence-electron chi connectivity index (χ0n) is 11.9. The predicted octanol–water partition coefficient (Wildman–Crippen LogP) is 3.93. The quantitative estimate of drug-likeness (QED) is 0.513. The van der Waals surface area contributed by atoms with Crippen LogP contribution in [0.3, 0.4) is 0 Å². The molecule has 0 atom stereocenters. The maximum atomic E-state index is 12.9. The molecule has 24 heavy (non-hydrogen) atoms. The summed E-state index contributed by atoms with van der Waals surface area (Å²) in [6.07, 6.45) is 1.24. The van der Waals surface area contributed by atoms with Crippen LogP contribution in [0.15, 0.2) is 41.1 Å². The molecule has 2 aromatic heterocycles. The Hall–Kier alpha value is -2.51. The molecule has 3 aromatic rings. The molecule has 1 aromatic carbocycles. The van der Waals surface area contributed by atoms with Crippen LogP contribution in [-0.4, -0.2) is 21.1 Å². The highest BCUT2D eigenvalue weighted by Crippen LogP contribution is 2.20. The molecule has 3 rings (SSSR count). The third-order valence-corrected chi connectivity index (χ3v) is 3.62. The van der Waals surface area contributed by atoms with Gasteiger partial charge in [-0.1, -0.05) is 28.4 Å². The molecule has 0 aliphatic heterocycles. The number of benzene rings is 1. The lowest BCUT2D eigenvalue weighted by atomic mass is 10.2. The van der Waals surface area contributed by atoms with E-state index >= 15 is 0 Å². The standard InChI is InChI=1S/C15H8Cl2FN3O3/c16-11-5-9(6-19-13(11)17)15(22)23-7-12-20-14(21-24-12)8-1-3-10(18)4-2-8/h1-6H,7H2. The van der Waals surface area contributed by atoms with Gasteiger partial charge in [-0.3, -0.25) is 0 Å². The third kappa shape index (κ3) is 3.69. The van der Waals surface area contributed by atoms with Crippen LogP contribution < -0.4 is 0 Å². The van der Waals surface area contributed by atoms with Gasteiger partial charge in [0.25, 0.3) is 5.89 Å². The van der Waals surface area contributed by atoms with E-state index in [2.05, 4.69) is 15.1 Å². The first-order valence-electron chi connectivity index (χ1n) is 6.59. The van der Waals surface area contributed by atoms with Crippen molar-refractivity contribution in [1.82, 2.24) is 15.1 Å². The molecule has 0 radical (unpaired) electrons. The second-order valence-corrected chi connectivity index (χ2v) is 5.36. The molecule has 0 aliphatic rings. The molecular weight excluding hydrogens is 360 g/mol. The highest BCUT2D eigenvalue weighted by atomic mass is 35.5. The van der Waals surface area contributed by atoms with Crippen LogP contribution in [0.5, 0.6) is 0 Å². The zero-order chi connectivity index (χ0) is 17.1. The van der Waals surface area contributed by atoms with E-state index in [4.69, 9.17) is 32.5 Å². The van der Waals surface area contributed by atoms with Crippen LogP contribution in [-0.2, 0) is 11.3 Å². The van der Waals surface area contributed by atoms with E-state index in [1.165, 1.54) is 36.5 Å². The average Bonchev–Trinajstić information content (AvgIpc) is 3.05. The largest absolute Gasteiger partial charge is 0.452 e. The summed E-state index contributed by atoms with van der Waals surface area (Å²) in [6.45, 7) is -0.229. The highest BCUT2D eigenvalue weighted by Gasteiger charge is 2.14. The average molecular weight is 368 g/mol. The normalized spacial score (nSPS) is 10.6. The smallest absolute Gasteiger partial charge is 0.340 e. The summed E-state index contributed by atoms with van der Waals surface area (Å²) >= 11 is 11.5. The first kappa shape index (κ1) is 16.4. The van der Waals surface area contributed by atoms with E-state index in [1.807, 2.05) is 0 Å². The third-order valence-electron chi connectivity index (χ3n) is 2.93. The van der Waals surface area contributed by atoms with Crippen molar-refractivity contribution in [1.29, 1.82) is 0 Å². The van der Waals surface area contributed by atoms with Gasteiger partial charge in [-0.2, -0.15) is 4.98 Å². The molecule has 122 valence electrons. The molecule has 0 bridgehead atoms. The Labute approximate surface area is 145 Å². The van der Waals surface area contributed by atoms with Crippen molar-refractivity contribution < 1.29 is 18.4 Å². The van der Waals surface area contributed by atoms with E-state index in [1.54, 1.807) is 0 Å². The van der Waals surface area contributed by atoms with Gasteiger partial charge < -0.3 is 9.26 Å². The van der Waals surface area contributed by atoms with Gasteiger partial charge in [0.05, 0.1) is 10.6 Å². The number of halogens is 3. The van der Waals surface area contributed by atoms with Crippen molar-refractivity contribution in [3.05, 3.63) is 64.0 Å². The van der Waals surface area contributed by atoms with Crippen LogP contribution in [0.1, 0.15) is 16.2 Å². The molecule has 0 N–H and O–H groups in total. The zero-order valence-corrected chi connectivity index (χ0v) is 13.4. The van der Waals surface area contributed by atoms with Crippen molar-refractivity contribution in [3.8, 4) is 11.4 Å². The number of rotatable bonds is 4. The molecule has 0 saturated heterocycles. The molecule has 0 unspecified atom stereocenters. The van der Waals surface area contributed by atoms with Gasteiger partial charge in [-0.05, 0) is 30.3 Å². The summed E-state index contributed by atoms with van der Waals surface area (Å²) in [6, 6.07) is 6.93. The van der Waals surface area contributed by atoms with Crippen molar-refractivity contribution in [2.45, 2.75) is 6.61 Å². The van der Waals surface area contributed by atoms with Gasteiger partial charge >= 0.3 is 5.97 Å². The summed E-state index contributed by atoms with van der Waals surface area (Å²) in [7, 11) is 0. The van der Waals surface area contributed by atoms with Crippen LogP contribution in [0.2, 0.25) is 10.2 Å². The van der Waals surface area contributed by atoms with Crippen LogP contribution in [0, 0.1) is 5.82 Å². The number of hydrogen-bond acceptors (Lipinski definition) is 6. The van der Waals surface area contributed by atoms with Gasteiger partial charge in [0.15, 0.2) is 6.61 Å². The van der Waals surface area contributed by atoms with Crippen molar-refractivity contribution in [2.75, 3.05) is 0 Å². The minimum atomic E-state index is -0.664. The summed E-state index contributed by atoms with van der Waals surface area (Å²) in [4.78, 5) is 19.7. The number of hydrogen-bond donors (Lipinski definition) is 0. The Morgan fingerprint density at radius 2 is 2.00 bits per heavy atom. The number of carbonyl (C=O) groups is 1. The lowest BCUT2D eigenvalue weighted by Crippen LogP contribution is -2.06. The fraction of sp³-hybridized carbons (Fsp3) is 0.0667. The maximum Gasteiger partial charge on any atom is 0.340 e. The minimum Gasteiger partial charge on any atom is -0.452 e. The van der Waals surface area contributed by atoms with Gasteiger partial charge in [0, 0.05) is 11.8 Å². The Balaban J connectivity index is 1.65. The fourth-order valence-corrected chi connectivity index (χ4v) is 2.04. The van der Waals surface area contributed by atoms with E-state index in [-0.39, 0.29) is 39.9 Å². The number of nitrogens with zero attached hydrogens (tertiary/aromatic N) is 3. The molecular formula is C15H8Cl2FN3O3. The van der Waals surface area contributed by atoms with Crippen LogP contribution in [0.25, 0.3) is 11.4 Å². The van der Waals surface area contributed by atoms with Crippen LogP contribution in [0.4, 0.5) is 4.39 Å². The monoisotopic (exact) mass is 367 g/mol. The molecule has 9 heteroatoms. The maximum absolute atomic E-state index is 12.9. The number of carbonyl (C=O) groups excluding carboxylic acids is 1. The predicted molar refractivity (Wildman–Crippen MR) is 83.1 cm³/mol. The first-order valence-corrected chi connectivity index (χ1v) is 7.35. The SMILES string of the molecule is O=C(OCc1nc(-c2ccc(F)cc2)no1)c1cnc(Cl)c(Cl)c1. The molecule has 0 fully saturated rings. The fourth-order valence-electron chi connectivity index (χ4n) is 1.77. The summed E-state index contributed by atoms with van der Waals surface area (Å²) in [5, 5.41) is 3.97. The lowest BCUT2D eigenvalue weighted by Gasteiger charge is -2.02. The lowest BCUT2D eigenvalue weighted by molar-refractivity contribution is 0.0429. The van der Waals surface area contributed by atoms with E-state index in [9.17, 15) is 9.18 Å². The summed E-state index contributed by atoms with van der Waals surface area (Å²) in [5.41, 5.74) is 0.717.